The lowest BCUT2D eigenvalue weighted by atomic mass is 10.4. The highest BCUT2D eigenvalue weighted by Gasteiger charge is 2.16. The summed E-state index contributed by atoms with van der Waals surface area (Å²) in [5.74, 6) is 1.64. The molecule has 0 bridgehead atoms. The van der Waals surface area contributed by atoms with E-state index in [0.29, 0.717) is 5.75 Å². The minimum atomic E-state index is -3.25. The van der Waals surface area contributed by atoms with Crippen molar-refractivity contribution in [2.45, 2.75) is 11.8 Å². The fourth-order valence-electron chi connectivity index (χ4n) is 1.10. The van der Waals surface area contributed by atoms with Gasteiger partial charge >= 0.3 is 0 Å². The number of nitrogens with two attached hydrogens (primary N) is 1. The average Bonchev–Trinajstić information content (AvgIpc) is 2.18. The summed E-state index contributed by atoms with van der Waals surface area (Å²) in [6, 6.07) is 1.45. The van der Waals surface area contributed by atoms with E-state index in [0.717, 1.165) is 5.75 Å². The van der Waals surface area contributed by atoms with Gasteiger partial charge in [0, 0.05) is 11.9 Å². The lowest BCUT2D eigenvalue weighted by Crippen LogP contribution is -2.11. The van der Waals surface area contributed by atoms with Crippen LogP contribution in [0.15, 0.2) is 23.4 Å². The summed E-state index contributed by atoms with van der Waals surface area (Å²) in [5.41, 5.74) is 5.78. The predicted octanol–water partition coefficient (Wildman–Crippen LogP) is 1.19. The van der Waals surface area contributed by atoms with Crippen molar-refractivity contribution in [3.8, 4) is 0 Å². The van der Waals surface area contributed by atoms with Gasteiger partial charge in [-0.2, -0.15) is 11.8 Å². The number of aromatic nitrogens is 1. The first-order valence-corrected chi connectivity index (χ1v) is 7.38. The molecular weight excluding hydrogens is 232 g/mol. The Hall–Kier alpha value is -0.750. The topological polar surface area (TPSA) is 73.0 Å². The Morgan fingerprint density at radius 2 is 2.27 bits per heavy atom. The summed E-state index contributed by atoms with van der Waals surface area (Å²) in [7, 11) is -3.25. The zero-order chi connectivity index (χ0) is 11.3. The molecule has 0 atom stereocenters. The molecule has 0 radical (unpaired) electrons. The zero-order valence-corrected chi connectivity index (χ0v) is 10.1. The first-order chi connectivity index (χ1) is 7.08. The van der Waals surface area contributed by atoms with Crippen molar-refractivity contribution in [2.24, 2.45) is 0 Å². The molecule has 1 rings (SSSR count). The van der Waals surface area contributed by atoms with E-state index in [9.17, 15) is 8.42 Å². The summed E-state index contributed by atoms with van der Waals surface area (Å²) in [6.45, 7) is 2.00. The summed E-state index contributed by atoms with van der Waals surface area (Å²) >= 11 is 1.60. The molecule has 0 saturated carbocycles. The van der Waals surface area contributed by atoms with Gasteiger partial charge in [-0.25, -0.2) is 8.42 Å². The Bertz CT molecular complexity index is 418. The number of nitrogen functional groups attached to an aromatic ring is 1. The van der Waals surface area contributed by atoms with Crippen LogP contribution in [0.5, 0.6) is 0 Å². The number of rotatable bonds is 5. The van der Waals surface area contributed by atoms with Crippen molar-refractivity contribution in [3.63, 3.8) is 0 Å². The first kappa shape index (κ1) is 12.3. The molecule has 0 spiro atoms. The van der Waals surface area contributed by atoms with Crippen molar-refractivity contribution in [1.82, 2.24) is 4.98 Å². The van der Waals surface area contributed by atoms with Crippen LogP contribution < -0.4 is 5.73 Å². The second-order valence-electron chi connectivity index (χ2n) is 2.93. The SMILES string of the molecule is CCSCCS(=O)(=O)c1ccncc1N. The average molecular weight is 246 g/mol. The standard InChI is InChI=1S/C9H14N2O2S2/c1-2-14-5-6-15(12,13)9-3-4-11-7-8(9)10/h3-4,7H,2,5-6,10H2,1H3. The normalized spacial score (nSPS) is 11.5. The van der Waals surface area contributed by atoms with Gasteiger partial charge in [-0.15, -0.1) is 0 Å². The largest absolute Gasteiger partial charge is 0.396 e. The van der Waals surface area contributed by atoms with Crippen LogP contribution in [-0.4, -0.2) is 30.7 Å². The second-order valence-corrected chi connectivity index (χ2v) is 6.40. The molecule has 0 unspecified atom stereocenters. The van der Waals surface area contributed by atoms with E-state index in [-0.39, 0.29) is 16.3 Å². The highest BCUT2D eigenvalue weighted by atomic mass is 32.2. The first-order valence-electron chi connectivity index (χ1n) is 4.58. The molecule has 1 aromatic heterocycles. The number of sulfone groups is 1. The molecule has 6 heteroatoms. The van der Waals surface area contributed by atoms with Gasteiger partial charge in [0.15, 0.2) is 9.84 Å². The molecule has 0 aliphatic rings. The highest BCUT2D eigenvalue weighted by molar-refractivity contribution is 8.00. The van der Waals surface area contributed by atoms with Gasteiger partial charge in [0.25, 0.3) is 0 Å². The minimum absolute atomic E-state index is 0.125. The van der Waals surface area contributed by atoms with Crippen molar-refractivity contribution in [2.75, 3.05) is 23.0 Å². The van der Waals surface area contributed by atoms with Crippen molar-refractivity contribution >= 4 is 27.3 Å². The number of anilines is 1. The van der Waals surface area contributed by atoms with Gasteiger partial charge in [0.2, 0.25) is 0 Å². The van der Waals surface area contributed by atoms with Crippen LogP contribution in [0.25, 0.3) is 0 Å². The Labute approximate surface area is 94.2 Å². The molecule has 1 heterocycles. The maximum absolute atomic E-state index is 11.8. The van der Waals surface area contributed by atoms with Crippen LogP contribution in [0.1, 0.15) is 6.92 Å². The zero-order valence-electron chi connectivity index (χ0n) is 8.51. The van der Waals surface area contributed by atoms with Crippen LogP contribution in [-0.2, 0) is 9.84 Å². The van der Waals surface area contributed by atoms with Crippen LogP contribution >= 0.6 is 11.8 Å². The monoisotopic (exact) mass is 246 g/mol. The number of hydrogen-bond acceptors (Lipinski definition) is 5. The molecule has 0 saturated heterocycles. The van der Waals surface area contributed by atoms with Crippen molar-refractivity contribution in [1.29, 1.82) is 0 Å². The van der Waals surface area contributed by atoms with Gasteiger partial charge in [-0.05, 0) is 11.8 Å². The van der Waals surface area contributed by atoms with Gasteiger partial charge in [0.05, 0.1) is 22.5 Å². The van der Waals surface area contributed by atoms with Gasteiger partial charge in [-0.1, -0.05) is 6.92 Å². The van der Waals surface area contributed by atoms with E-state index in [1.807, 2.05) is 6.92 Å². The lowest BCUT2D eigenvalue weighted by molar-refractivity contribution is 0.598. The fourth-order valence-corrected chi connectivity index (χ4v) is 3.64. The third-order valence-corrected chi connectivity index (χ3v) is 4.79. The van der Waals surface area contributed by atoms with Crippen molar-refractivity contribution in [3.05, 3.63) is 18.5 Å². The highest BCUT2D eigenvalue weighted by Crippen LogP contribution is 2.18. The molecule has 0 fully saturated rings. The third-order valence-electron chi connectivity index (χ3n) is 1.85. The Balaban J connectivity index is 2.83. The molecule has 0 amide bonds. The predicted molar refractivity (Wildman–Crippen MR) is 63.7 cm³/mol. The van der Waals surface area contributed by atoms with E-state index in [4.69, 9.17) is 5.73 Å². The quantitative estimate of drug-likeness (QED) is 0.790. The molecule has 15 heavy (non-hydrogen) atoms. The van der Waals surface area contributed by atoms with Crippen LogP contribution in [0.4, 0.5) is 5.69 Å². The number of hydrogen-bond donors (Lipinski definition) is 1. The second kappa shape index (κ2) is 5.37. The Morgan fingerprint density at radius 1 is 1.53 bits per heavy atom. The van der Waals surface area contributed by atoms with E-state index < -0.39 is 9.84 Å². The number of nitrogens with zero attached hydrogens (tertiary/aromatic N) is 1. The molecule has 0 aliphatic carbocycles. The Morgan fingerprint density at radius 3 is 2.87 bits per heavy atom. The van der Waals surface area contributed by atoms with Gasteiger partial charge in [0.1, 0.15) is 0 Å². The van der Waals surface area contributed by atoms with Crippen LogP contribution in [0.3, 0.4) is 0 Å². The summed E-state index contributed by atoms with van der Waals surface area (Å²) < 4.78 is 23.6. The molecule has 0 aromatic carbocycles. The van der Waals surface area contributed by atoms with E-state index in [1.165, 1.54) is 18.5 Å². The summed E-state index contributed by atoms with van der Waals surface area (Å²) in [6.07, 6.45) is 2.80. The van der Waals surface area contributed by atoms with E-state index in [2.05, 4.69) is 4.98 Å². The molecule has 1 aromatic rings. The smallest absolute Gasteiger partial charge is 0.181 e. The van der Waals surface area contributed by atoms with Crippen LogP contribution in [0, 0.1) is 0 Å². The lowest BCUT2D eigenvalue weighted by Gasteiger charge is -2.05. The molecule has 0 aliphatic heterocycles. The third kappa shape index (κ3) is 3.39. The molecular formula is C9H14N2O2S2. The van der Waals surface area contributed by atoms with Crippen LogP contribution in [0.2, 0.25) is 0 Å². The molecule has 2 N–H and O–H groups in total. The van der Waals surface area contributed by atoms with Gasteiger partial charge < -0.3 is 5.73 Å². The number of thioether (sulfide) groups is 1. The fraction of sp³-hybridized carbons (Fsp3) is 0.444. The number of pyridine rings is 1. The van der Waals surface area contributed by atoms with E-state index >= 15 is 0 Å². The molecule has 4 nitrogen and oxygen atoms in total. The minimum Gasteiger partial charge on any atom is -0.396 e. The summed E-state index contributed by atoms with van der Waals surface area (Å²) in [5, 5.41) is 0. The van der Waals surface area contributed by atoms with Crippen molar-refractivity contribution < 1.29 is 8.42 Å². The maximum atomic E-state index is 11.8. The molecule has 84 valence electrons. The van der Waals surface area contributed by atoms with E-state index in [1.54, 1.807) is 11.8 Å². The van der Waals surface area contributed by atoms with Gasteiger partial charge in [-0.3, -0.25) is 4.98 Å². The Kier molecular flexibility index (Phi) is 4.41. The maximum Gasteiger partial charge on any atom is 0.181 e. The summed E-state index contributed by atoms with van der Waals surface area (Å²) in [4.78, 5) is 3.95.